The molecule has 4 aromatic rings. The first-order valence-corrected chi connectivity index (χ1v) is 11.0. The van der Waals surface area contributed by atoms with Crippen molar-refractivity contribution in [1.29, 1.82) is 0 Å². The average molecular weight is 414 g/mol. The van der Waals surface area contributed by atoms with Gasteiger partial charge in [0.05, 0.1) is 6.54 Å². The number of aryl methyl sites for hydroxylation is 1. The smallest absolute Gasteiger partial charge is 0.290 e. The van der Waals surface area contributed by atoms with Gasteiger partial charge in [0.25, 0.3) is 5.91 Å². The lowest BCUT2D eigenvalue weighted by Gasteiger charge is -2.36. The van der Waals surface area contributed by atoms with E-state index in [-0.39, 0.29) is 11.9 Å². The van der Waals surface area contributed by atoms with E-state index in [1.54, 1.807) is 6.20 Å². The van der Waals surface area contributed by atoms with Gasteiger partial charge in [0.2, 0.25) is 0 Å². The predicted octanol–water partition coefficient (Wildman–Crippen LogP) is 5.54. The quantitative estimate of drug-likeness (QED) is 0.432. The molecule has 0 saturated heterocycles. The molecule has 1 aliphatic carbocycles. The summed E-state index contributed by atoms with van der Waals surface area (Å²) in [4.78, 5) is 20.0. The highest BCUT2D eigenvalue weighted by Gasteiger charge is 2.32. The molecule has 1 fully saturated rings. The number of hydrogen-bond acceptors (Lipinski definition) is 3. The normalized spacial score (nSPS) is 18.9. The molecule has 5 heteroatoms. The molecule has 0 unspecified atom stereocenters. The number of furan rings is 1. The lowest BCUT2D eigenvalue weighted by molar-refractivity contribution is 0.0567. The Labute approximate surface area is 182 Å². The number of fused-ring (bicyclic) bond motifs is 1. The van der Waals surface area contributed by atoms with Crippen LogP contribution in [-0.4, -0.2) is 26.4 Å². The van der Waals surface area contributed by atoms with Gasteiger partial charge in [-0.2, -0.15) is 0 Å². The lowest BCUT2D eigenvalue weighted by atomic mass is 9.81. The first-order valence-electron chi connectivity index (χ1n) is 11.0. The molecule has 1 saturated carbocycles. The SMILES string of the molecule is Cn1ccnc1CN(C(=O)c1cc2ccccc2o1)C1CCC(c2ccccc2)CC1. The molecular formula is C26H27N3O2. The van der Waals surface area contributed by atoms with Gasteiger partial charge in [0, 0.05) is 30.9 Å². The van der Waals surface area contributed by atoms with Crippen LogP contribution in [-0.2, 0) is 13.6 Å². The van der Waals surface area contributed by atoms with Crippen LogP contribution in [0.2, 0.25) is 0 Å². The highest BCUT2D eigenvalue weighted by molar-refractivity contribution is 5.96. The highest BCUT2D eigenvalue weighted by atomic mass is 16.3. The van der Waals surface area contributed by atoms with E-state index in [1.807, 2.05) is 53.0 Å². The van der Waals surface area contributed by atoms with Gasteiger partial charge in [-0.1, -0.05) is 48.5 Å². The molecular weight excluding hydrogens is 386 g/mol. The molecule has 2 aromatic heterocycles. The van der Waals surface area contributed by atoms with Crippen LogP contribution in [0.4, 0.5) is 0 Å². The Hall–Kier alpha value is -3.34. The van der Waals surface area contributed by atoms with Crippen molar-refractivity contribution in [3.8, 4) is 0 Å². The Morgan fingerprint density at radius 3 is 2.52 bits per heavy atom. The van der Waals surface area contributed by atoms with Crippen LogP contribution in [0.5, 0.6) is 0 Å². The fourth-order valence-corrected chi connectivity index (χ4v) is 4.74. The number of para-hydroxylation sites is 1. The third kappa shape index (κ3) is 4.00. The second-order valence-electron chi connectivity index (χ2n) is 8.45. The molecule has 2 aromatic carbocycles. The van der Waals surface area contributed by atoms with Gasteiger partial charge in [-0.3, -0.25) is 4.79 Å². The van der Waals surface area contributed by atoms with Crippen LogP contribution in [0, 0.1) is 0 Å². The Morgan fingerprint density at radius 2 is 1.81 bits per heavy atom. The van der Waals surface area contributed by atoms with Crippen LogP contribution in [0.15, 0.2) is 77.5 Å². The van der Waals surface area contributed by atoms with Crippen molar-refractivity contribution >= 4 is 16.9 Å². The summed E-state index contributed by atoms with van der Waals surface area (Å²) >= 11 is 0. The Balaban J connectivity index is 1.39. The zero-order valence-electron chi connectivity index (χ0n) is 17.8. The summed E-state index contributed by atoms with van der Waals surface area (Å²) in [7, 11) is 1.97. The predicted molar refractivity (Wildman–Crippen MR) is 121 cm³/mol. The number of imidazole rings is 1. The van der Waals surface area contributed by atoms with Gasteiger partial charge in [-0.05, 0) is 49.3 Å². The van der Waals surface area contributed by atoms with E-state index in [9.17, 15) is 4.79 Å². The minimum absolute atomic E-state index is 0.0534. The van der Waals surface area contributed by atoms with Gasteiger partial charge < -0.3 is 13.9 Å². The summed E-state index contributed by atoms with van der Waals surface area (Å²) < 4.78 is 7.90. The molecule has 5 rings (SSSR count). The minimum Gasteiger partial charge on any atom is -0.451 e. The maximum atomic E-state index is 13.6. The topological polar surface area (TPSA) is 51.3 Å². The van der Waals surface area contributed by atoms with E-state index in [1.165, 1.54) is 5.56 Å². The fourth-order valence-electron chi connectivity index (χ4n) is 4.74. The summed E-state index contributed by atoms with van der Waals surface area (Å²) in [5, 5.41) is 0.954. The molecule has 0 radical (unpaired) electrons. The number of carbonyl (C=O) groups excluding carboxylic acids is 1. The molecule has 2 heterocycles. The fraction of sp³-hybridized carbons (Fsp3) is 0.308. The van der Waals surface area contributed by atoms with E-state index < -0.39 is 0 Å². The van der Waals surface area contributed by atoms with Crippen molar-refractivity contribution in [2.24, 2.45) is 7.05 Å². The molecule has 0 bridgehead atoms. The molecule has 1 aliphatic rings. The zero-order valence-corrected chi connectivity index (χ0v) is 17.8. The van der Waals surface area contributed by atoms with Crippen molar-refractivity contribution < 1.29 is 9.21 Å². The lowest BCUT2D eigenvalue weighted by Crippen LogP contribution is -2.42. The molecule has 31 heavy (non-hydrogen) atoms. The van der Waals surface area contributed by atoms with E-state index in [0.717, 1.165) is 42.5 Å². The molecule has 0 spiro atoms. The third-order valence-electron chi connectivity index (χ3n) is 6.54. The van der Waals surface area contributed by atoms with Crippen molar-refractivity contribution in [2.75, 3.05) is 0 Å². The van der Waals surface area contributed by atoms with Crippen LogP contribution < -0.4 is 0 Å². The molecule has 0 atom stereocenters. The Bertz CT molecular complexity index is 1140. The maximum Gasteiger partial charge on any atom is 0.290 e. The summed E-state index contributed by atoms with van der Waals surface area (Å²) in [5.74, 6) is 1.80. The highest BCUT2D eigenvalue weighted by Crippen LogP contribution is 2.36. The van der Waals surface area contributed by atoms with Crippen LogP contribution in [0.25, 0.3) is 11.0 Å². The van der Waals surface area contributed by atoms with Crippen LogP contribution in [0.3, 0.4) is 0 Å². The van der Waals surface area contributed by atoms with Crippen molar-refractivity contribution in [2.45, 2.75) is 44.2 Å². The zero-order chi connectivity index (χ0) is 21.2. The number of benzene rings is 2. The largest absolute Gasteiger partial charge is 0.451 e. The van der Waals surface area contributed by atoms with Crippen LogP contribution in [0.1, 0.15) is 53.5 Å². The van der Waals surface area contributed by atoms with E-state index in [0.29, 0.717) is 18.2 Å². The summed E-state index contributed by atoms with van der Waals surface area (Å²) in [5.41, 5.74) is 2.15. The third-order valence-corrected chi connectivity index (χ3v) is 6.54. The Morgan fingerprint density at radius 1 is 1.06 bits per heavy atom. The second-order valence-corrected chi connectivity index (χ2v) is 8.45. The van der Waals surface area contributed by atoms with E-state index in [4.69, 9.17) is 4.42 Å². The summed E-state index contributed by atoms with van der Waals surface area (Å²) in [6.07, 6.45) is 7.83. The van der Waals surface area contributed by atoms with Gasteiger partial charge in [0.1, 0.15) is 11.4 Å². The molecule has 158 valence electrons. The maximum absolute atomic E-state index is 13.6. The molecule has 5 nitrogen and oxygen atoms in total. The van der Waals surface area contributed by atoms with Gasteiger partial charge in [-0.25, -0.2) is 4.98 Å². The van der Waals surface area contributed by atoms with E-state index in [2.05, 4.69) is 35.3 Å². The molecule has 0 aliphatic heterocycles. The van der Waals surface area contributed by atoms with Gasteiger partial charge in [0.15, 0.2) is 5.76 Å². The van der Waals surface area contributed by atoms with Crippen molar-refractivity contribution in [1.82, 2.24) is 14.5 Å². The number of hydrogen-bond donors (Lipinski definition) is 0. The monoisotopic (exact) mass is 413 g/mol. The summed E-state index contributed by atoms with van der Waals surface area (Å²) in [6, 6.07) is 20.5. The molecule has 1 amide bonds. The van der Waals surface area contributed by atoms with Crippen molar-refractivity contribution in [3.05, 3.63) is 90.2 Å². The van der Waals surface area contributed by atoms with E-state index >= 15 is 0 Å². The minimum atomic E-state index is -0.0534. The number of rotatable bonds is 5. The number of amides is 1. The molecule has 0 N–H and O–H groups in total. The first kappa shape index (κ1) is 19.6. The standard InChI is InChI=1S/C26H27N3O2/c1-28-16-15-27-25(28)18-29(26(30)24-17-21-9-5-6-10-23(21)31-24)22-13-11-20(12-14-22)19-7-3-2-4-8-19/h2-10,15-17,20,22H,11-14,18H2,1H3. The first-order chi connectivity index (χ1) is 15.2. The number of nitrogens with zero attached hydrogens (tertiary/aromatic N) is 3. The van der Waals surface area contributed by atoms with Crippen molar-refractivity contribution in [3.63, 3.8) is 0 Å². The van der Waals surface area contributed by atoms with Crippen LogP contribution >= 0.6 is 0 Å². The van der Waals surface area contributed by atoms with Gasteiger partial charge in [-0.15, -0.1) is 0 Å². The van der Waals surface area contributed by atoms with Gasteiger partial charge >= 0.3 is 0 Å². The summed E-state index contributed by atoms with van der Waals surface area (Å²) in [6.45, 7) is 0.486. The number of aromatic nitrogens is 2. The number of carbonyl (C=O) groups is 1. The average Bonchev–Trinajstić information content (AvgIpc) is 3.43. The Kier molecular flexibility index (Phi) is 5.33. The second kappa shape index (κ2) is 8.42.